The molecule has 1 fully saturated rings. The third-order valence-corrected chi connectivity index (χ3v) is 3.71. The standard InChI is InChI=1S/C15H21N3/c1-17-15-8-5-9-18(12-15)11-14(10-16)13-6-3-2-4-7-13/h2-4,6-7,14-15,17H,5,8-9,11-12H2,1H3. The van der Waals surface area contributed by atoms with Crippen molar-refractivity contribution in [3.8, 4) is 6.07 Å². The van der Waals surface area contributed by atoms with Crippen LogP contribution in [0.4, 0.5) is 0 Å². The first-order valence-corrected chi connectivity index (χ1v) is 6.67. The molecule has 1 saturated heterocycles. The summed E-state index contributed by atoms with van der Waals surface area (Å²) in [5.74, 6) is -0.0122. The van der Waals surface area contributed by atoms with Gasteiger partial charge < -0.3 is 10.2 Å². The lowest BCUT2D eigenvalue weighted by molar-refractivity contribution is 0.192. The largest absolute Gasteiger partial charge is 0.316 e. The van der Waals surface area contributed by atoms with Crippen molar-refractivity contribution < 1.29 is 0 Å². The number of benzene rings is 1. The highest BCUT2D eigenvalue weighted by Gasteiger charge is 2.21. The second-order valence-corrected chi connectivity index (χ2v) is 4.98. The average Bonchev–Trinajstić information content (AvgIpc) is 2.46. The van der Waals surface area contributed by atoms with Crippen LogP contribution in [-0.4, -0.2) is 37.6 Å². The van der Waals surface area contributed by atoms with Gasteiger partial charge >= 0.3 is 0 Å². The molecular formula is C15H21N3. The zero-order valence-electron chi connectivity index (χ0n) is 11.0. The molecule has 1 aromatic rings. The number of likely N-dealkylation sites (N-methyl/N-ethyl adjacent to an activating group) is 1. The summed E-state index contributed by atoms with van der Waals surface area (Å²) in [7, 11) is 2.02. The van der Waals surface area contributed by atoms with Gasteiger partial charge in [-0.1, -0.05) is 30.3 Å². The fourth-order valence-electron chi connectivity index (χ4n) is 2.62. The summed E-state index contributed by atoms with van der Waals surface area (Å²) in [6, 6.07) is 13.1. The van der Waals surface area contributed by atoms with Crippen molar-refractivity contribution in [3.05, 3.63) is 35.9 Å². The molecule has 0 amide bonds. The molecule has 2 rings (SSSR count). The van der Waals surface area contributed by atoms with E-state index in [4.69, 9.17) is 0 Å². The number of nitriles is 1. The summed E-state index contributed by atoms with van der Waals surface area (Å²) < 4.78 is 0. The van der Waals surface area contributed by atoms with E-state index in [0.717, 1.165) is 25.2 Å². The number of rotatable bonds is 4. The van der Waals surface area contributed by atoms with Gasteiger partial charge in [0.2, 0.25) is 0 Å². The Kier molecular flexibility index (Phi) is 4.74. The lowest BCUT2D eigenvalue weighted by Crippen LogP contribution is -2.45. The van der Waals surface area contributed by atoms with E-state index in [2.05, 4.69) is 16.3 Å². The van der Waals surface area contributed by atoms with Crippen molar-refractivity contribution in [1.29, 1.82) is 5.26 Å². The van der Waals surface area contributed by atoms with Crippen LogP contribution in [-0.2, 0) is 0 Å². The van der Waals surface area contributed by atoms with Gasteiger partial charge in [-0.2, -0.15) is 5.26 Å². The van der Waals surface area contributed by atoms with Crippen LogP contribution >= 0.6 is 0 Å². The fourth-order valence-corrected chi connectivity index (χ4v) is 2.62. The minimum atomic E-state index is -0.0122. The van der Waals surface area contributed by atoms with Crippen LogP contribution in [0.25, 0.3) is 0 Å². The van der Waals surface area contributed by atoms with Gasteiger partial charge in [0, 0.05) is 19.1 Å². The average molecular weight is 243 g/mol. The molecule has 2 atom stereocenters. The predicted octanol–water partition coefficient (Wildman–Crippen LogP) is 1.98. The molecule has 0 aliphatic carbocycles. The number of hydrogen-bond donors (Lipinski definition) is 1. The quantitative estimate of drug-likeness (QED) is 0.879. The van der Waals surface area contributed by atoms with Crippen molar-refractivity contribution in [1.82, 2.24) is 10.2 Å². The summed E-state index contributed by atoms with van der Waals surface area (Å²) in [4.78, 5) is 2.41. The van der Waals surface area contributed by atoms with Gasteiger partial charge in [0.05, 0.1) is 12.0 Å². The predicted molar refractivity (Wildman–Crippen MR) is 73.3 cm³/mol. The van der Waals surface area contributed by atoms with Gasteiger partial charge in [-0.15, -0.1) is 0 Å². The highest BCUT2D eigenvalue weighted by atomic mass is 15.2. The van der Waals surface area contributed by atoms with E-state index in [-0.39, 0.29) is 5.92 Å². The van der Waals surface area contributed by atoms with Crippen LogP contribution in [0.15, 0.2) is 30.3 Å². The van der Waals surface area contributed by atoms with Crippen LogP contribution in [0.3, 0.4) is 0 Å². The Morgan fingerprint density at radius 1 is 1.44 bits per heavy atom. The minimum Gasteiger partial charge on any atom is -0.316 e. The molecule has 1 aliphatic heterocycles. The van der Waals surface area contributed by atoms with E-state index in [1.165, 1.54) is 12.8 Å². The number of hydrogen-bond acceptors (Lipinski definition) is 3. The Hall–Kier alpha value is -1.37. The Labute approximate surface area is 109 Å². The van der Waals surface area contributed by atoms with Gasteiger partial charge in [-0.3, -0.25) is 0 Å². The van der Waals surface area contributed by atoms with Crippen LogP contribution in [0.5, 0.6) is 0 Å². The highest BCUT2D eigenvalue weighted by molar-refractivity contribution is 5.25. The maximum Gasteiger partial charge on any atom is 0.0839 e. The first kappa shape index (κ1) is 13.1. The number of nitrogens with zero attached hydrogens (tertiary/aromatic N) is 2. The summed E-state index contributed by atoms with van der Waals surface area (Å²) >= 11 is 0. The SMILES string of the molecule is CNC1CCCN(CC(C#N)c2ccccc2)C1. The Balaban J connectivity index is 1.97. The summed E-state index contributed by atoms with van der Waals surface area (Å²) in [6.07, 6.45) is 2.47. The van der Waals surface area contributed by atoms with E-state index in [0.29, 0.717) is 6.04 Å². The second kappa shape index (κ2) is 6.53. The lowest BCUT2D eigenvalue weighted by atomic mass is 9.98. The van der Waals surface area contributed by atoms with E-state index in [9.17, 15) is 5.26 Å². The van der Waals surface area contributed by atoms with Crippen LogP contribution in [0, 0.1) is 11.3 Å². The molecular weight excluding hydrogens is 222 g/mol. The Morgan fingerprint density at radius 3 is 2.89 bits per heavy atom. The summed E-state index contributed by atoms with van der Waals surface area (Å²) in [5, 5.41) is 12.7. The molecule has 3 nitrogen and oxygen atoms in total. The first-order valence-electron chi connectivity index (χ1n) is 6.67. The van der Waals surface area contributed by atoms with Gasteiger partial charge in [0.1, 0.15) is 0 Å². The minimum absolute atomic E-state index is 0.0122. The van der Waals surface area contributed by atoms with Gasteiger partial charge in [0.25, 0.3) is 0 Å². The zero-order chi connectivity index (χ0) is 12.8. The monoisotopic (exact) mass is 243 g/mol. The van der Waals surface area contributed by atoms with Crippen LogP contribution in [0.2, 0.25) is 0 Å². The van der Waals surface area contributed by atoms with Gasteiger partial charge in [-0.25, -0.2) is 0 Å². The van der Waals surface area contributed by atoms with Gasteiger partial charge in [-0.05, 0) is 32.0 Å². The second-order valence-electron chi connectivity index (χ2n) is 4.98. The van der Waals surface area contributed by atoms with Crippen molar-refractivity contribution in [2.45, 2.75) is 24.8 Å². The summed E-state index contributed by atoms with van der Waals surface area (Å²) in [5.41, 5.74) is 1.13. The number of nitrogens with one attached hydrogen (secondary N) is 1. The maximum atomic E-state index is 9.34. The van der Waals surface area contributed by atoms with Gasteiger partial charge in [0.15, 0.2) is 0 Å². The molecule has 3 heteroatoms. The van der Waals surface area contributed by atoms with Crippen LogP contribution in [0.1, 0.15) is 24.3 Å². The third-order valence-electron chi connectivity index (χ3n) is 3.71. The lowest BCUT2D eigenvalue weighted by Gasteiger charge is -2.33. The molecule has 1 heterocycles. The van der Waals surface area contributed by atoms with E-state index in [1.807, 2.05) is 37.4 Å². The normalized spacial score (nSPS) is 22.3. The topological polar surface area (TPSA) is 39.1 Å². The van der Waals surface area contributed by atoms with Crippen LogP contribution < -0.4 is 5.32 Å². The van der Waals surface area contributed by atoms with E-state index < -0.39 is 0 Å². The molecule has 1 N–H and O–H groups in total. The molecule has 0 bridgehead atoms. The van der Waals surface area contributed by atoms with Crippen molar-refractivity contribution >= 4 is 0 Å². The summed E-state index contributed by atoms with van der Waals surface area (Å²) in [6.45, 7) is 3.02. The molecule has 1 aliphatic rings. The third kappa shape index (κ3) is 3.32. The molecule has 0 saturated carbocycles. The molecule has 0 radical (unpaired) electrons. The molecule has 18 heavy (non-hydrogen) atoms. The number of likely N-dealkylation sites (tertiary alicyclic amines) is 1. The van der Waals surface area contributed by atoms with Crippen molar-refractivity contribution in [2.75, 3.05) is 26.7 Å². The molecule has 96 valence electrons. The fraction of sp³-hybridized carbons (Fsp3) is 0.533. The molecule has 1 aromatic carbocycles. The van der Waals surface area contributed by atoms with E-state index in [1.54, 1.807) is 0 Å². The molecule has 0 aromatic heterocycles. The molecule has 0 spiro atoms. The van der Waals surface area contributed by atoms with Crippen molar-refractivity contribution in [3.63, 3.8) is 0 Å². The van der Waals surface area contributed by atoms with Crippen molar-refractivity contribution in [2.24, 2.45) is 0 Å². The van der Waals surface area contributed by atoms with E-state index >= 15 is 0 Å². The Morgan fingerprint density at radius 2 is 2.22 bits per heavy atom. The maximum absolute atomic E-state index is 9.34. The number of piperidine rings is 1. The Bertz CT molecular complexity index is 396. The zero-order valence-corrected chi connectivity index (χ0v) is 11.0. The first-order chi connectivity index (χ1) is 8.83. The smallest absolute Gasteiger partial charge is 0.0839 e. The molecule has 2 unspecified atom stereocenters. The highest BCUT2D eigenvalue weighted by Crippen LogP contribution is 2.18.